The molecule has 0 aliphatic carbocycles. The van der Waals surface area contributed by atoms with Gasteiger partial charge < -0.3 is 23.5 Å². The second kappa shape index (κ2) is 11.9. The van der Waals surface area contributed by atoms with Crippen molar-refractivity contribution in [2.24, 2.45) is 0 Å². The number of aryl methyl sites for hydroxylation is 1. The molecule has 1 amide bonds. The predicted molar refractivity (Wildman–Crippen MR) is 155 cm³/mol. The van der Waals surface area contributed by atoms with Crippen LogP contribution in [0.15, 0.2) is 69.9 Å². The van der Waals surface area contributed by atoms with Gasteiger partial charge in [0.15, 0.2) is 16.9 Å². The second-order valence-electron chi connectivity index (χ2n) is 10.1. The summed E-state index contributed by atoms with van der Waals surface area (Å²) in [5.74, 6) is 1.72. The number of benzene rings is 3. The Labute approximate surface area is 234 Å². The molecule has 0 saturated carbocycles. The molecule has 5 rings (SSSR count). The van der Waals surface area contributed by atoms with E-state index in [1.165, 1.54) is 0 Å². The molecule has 0 radical (unpaired) electrons. The van der Waals surface area contributed by atoms with Crippen LogP contribution in [0.3, 0.4) is 0 Å². The number of carbonyl (C=O) groups is 1. The van der Waals surface area contributed by atoms with Gasteiger partial charge in [-0.2, -0.15) is 0 Å². The van der Waals surface area contributed by atoms with Gasteiger partial charge in [0.05, 0.1) is 37.3 Å². The Bertz CT molecular complexity index is 1570. The minimum Gasteiger partial charge on any atom is -0.497 e. The summed E-state index contributed by atoms with van der Waals surface area (Å²) in [5, 5.41) is 0.462. The van der Waals surface area contributed by atoms with Crippen LogP contribution >= 0.6 is 0 Å². The third-order valence-corrected chi connectivity index (χ3v) is 7.22. The van der Waals surface area contributed by atoms with Gasteiger partial charge in [0.2, 0.25) is 5.76 Å². The number of hydrogen-bond acceptors (Lipinski definition) is 6. The van der Waals surface area contributed by atoms with Crippen molar-refractivity contribution in [3.8, 4) is 17.2 Å². The molecule has 7 heteroatoms. The van der Waals surface area contributed by atoms with Crippen LogP contribution in [0, 0.1) is 6.92 Å². The minimum absolute atomic E-state index is 0.0812. The Kier molecular flexibility index (Phi) is 8.10. The molecular formula is C33H35NO6. The van der Waals surface area contributed by atoms with E-state index in [1.807, 2.05) is 68.4 Å². The Hall–Kier alpha value is -4.26. The number of fused-ring (bicyclic) bond motifs is 2. The summed E-state index contributed by atoms with van der Waals surface area (Å²) in [6.45, 7) is 7.33. The number of carbonyl (C=O) groups excluding carboxylic acids is 1. The molecule has 1 aromatic heterocycles. The SMILES string of the molecule is CCCCCOc1ccc(C2c3c(oc4ccc(C)cc4c3=O)C(=O)N2Cc2ccc(OC)cc2)cc1OCC. The predicted octanol–water partition coefficient (Wildman–Crippen LogP) is 6.82. The number of nitrogens with zero attached hydrogens (tertiary/aromatic N) is 1. The van der Waals surface area contributed by atoms with E-state index < -0.39 is 6.04 Å². The van der Waals surface area contributed by atoms with E-state index in [0.717, 1.165) is 41.7 Å². The van der Waals surface area contributed by atoms with Crippen LogP contribution in [0.25, 0.3) is 11.0 Å². The lowest BCUT2D eigenvalue weighted by Gasteiger charge is -2.26. The van der Waals surface area contributed by atoms with Gasteiger partial charge in [-0.3, -0.25) is 9.59 Å². The van der Waals surface area contributed by atoms with E-state index in [4.69, 9.17) is 18.6 Å². The Morgan fingerprint density at radius 2 is 1.70 bits per heavy atom. The van der Waals surface area contributed by atoms with E-state index in [2.05, 4.69) is 6.92 Å². The Morgan fingerprint density at radius 3 is 2.42 bits per heavy atom. The summed E-state index contributed by atoms with van der Waals surface area (Å²) in [5.41, 5.74) is 3.14. The Morgan fingerprint density at radius 1 is 0.900 bits per heavy atom. The lowest BCUT2D eigenvalue weighted by molar-refractivity contribution is 0.0714. The van der Waals surface area contributed by atoms with Gasteiger partial charge in [-0.25, -0.2) is 0 Å². The van der Waals surface area contributed by atoms with Gasteiger partial charge in [-0.05, 0) is 67.8 Å². The number of ether oxygens (including phenoxy) is 3. The fraction of sp³-hybridized carbons (Fsp3) is 0.333. The zero-order valence-electron chi connectivity index (χ0n) is 23.5. The maximum atomic E-state index is 14.0. The van der Waals surface area contributed by atoms with Crippen LogP contribution in [0.4, 0.5) is 0 Å². The van der Waals surface area contributed by atoms with Crippen LogP contribution < -0.4 is 19.6 Å². The summed E-state index contributed by atoms with van der Waals surface area (Å²) < 4.78 is 23.4. The monoisotopic (exact) mass is 541 g/mol. The fourth-order valence-corrected chi connectivity index (χ4v) is 5.19. The molecule has 1 aliphatic heterocycles. The highest BCUT2D eigenvalue weighted by Gasteiger charge is 2.43. The Balaban J connectivity index is 1.62. The summed E-state index contributed by atoms with van der Waals surface area (Å²) in [4.78, 5) is 29.5. The quantitative estimate of drug-likeness (QED) is 0.194. The maximum absolute atomic E-state index is 14.0. The highest BCUT2D eigenvalue weighted by Crippen LogP contribution is 2.42. The summed E-state index contributed by atoms with van der Waals surface area (Å²) in [7, 11) is 1.61. The number of unbranched alkanes of at least 4 members (excludes halogenated alkanes) is 2. The molecular weight excluding hydrogens is 506 g/mol. The molecule has 0 fully saturated rings. The summed E-state index contributed by atoms with van der Waals surface area (Å²) in [6, 6.07) is 18.0. The molecule has 3 aromatic carbocycles. The number of methoxy groups -OCH3 is 1. The van der Waals surface area contributed by atoms with E-state index in [0.29, 0.717) is 41.2 Å². The highest BCUT2D eigenvalue weighted by atomic mass is 16.5. The first-order valence-electron chi connectivity index (χ1n) is 13.9. The van der Waals surface area contributed by atoms with Crippen LogP contribution in [0.5, 0.6) is 17.2 Å². The molecule has 0 N–H and O–H groups in total. The molecule has 1 aliphatic rings. The molecule has 0 bridgehead atoms. The van der Waals surface area contributed by atoms with Crippen molar-refractivity contribution in [2.75, 3.05) is 20.3 Å². The molecule has 4 aromatic rings. The fourth-order valence-electron chi connectivity index (χ4n) is 5.19. The maximum Gasteiger partial charge on any atom is 0.291 e. The molecule has 0 saturated heterocycles. The van der Waals surface area contributed by atoms with E-state index >= 15 is 0 Å². The first-order valence-corrected chi connectivity index (χ1v) is 13.9. The topological polar surface area (TPSA) is 78.2 Å². The minimum atomic E-state index is -0.654. The third-order valence-electron chi connectivity index (χ3n) is 7.22. The van der Waals surface area contributed by atoms with E-state index in [1.54, 1.807) is 18.1 Å². The van der Waals surface area contributed by atoms with Crippen LogP contribution in [0.1, 0.15) is 72.0 Å². The average molecular weight is 542 g/mol. The molecule has 7 nitrogen and oxygen atoms in total. The molecule has 0 spiro atoms. The summed E-state index contributed by atoms with van der Waals surface area (Å²) >= 11 is 0. The van der Waals surface area contributed by atoms with Crippen molar-refractivity contribution in [3.63, 3.8) is 0 Å². The van der Waals surface area contributed by atoms with Gasteiger partial charge in [0.1, 0.15) is 11.3 Å². The largest absolute Gasteiger partial charge is 0.497 e. The van der Waals surface area contributed by atoms with Crippen molar-refractivity contribution in [1.82, 2.24) is 4.90 Å². The van der Waals surface area contributed by atoms with Gasteiger partial charge >= 0.3 is 0 Å². The van der Waals surface area contributed by atoms with Gasteiger partial charge in [-0.15, -0.1) is 0 Å². The van der Waals surface area contributed by atoms with Crippen molar-refractivity contribution >= 4 is 16.9 Å². The van der Waals surface area contributed by atoms with E-state index in [-0.39, 0.29) is 23.6 Å². The smallest absolute Gasteiger partial charge is 0.291 e. The third kappa shape index (κ3) is 5.28. The van der Waals surface area contributed by atoms with Crippen LogP contribution in [-0.4, -0.2) is 31.1 Å². The van der Waals surface area contributed by atoms with Crippen molar-refractivity contribution in [3.05, 3.63) is 98.9 Å². The van der Waals surface area contributed by atoms with Crippen LogP contribution in [-0.2, 0) is 6.54 Å². The zero-order valence-corrected chi connectivity index (χ0v) is 23.5. The van der Waals surface area contributed by atoms with E-state index in [9.17, 15) is 9.59 Å². The standard InChI is InChI=1S/C33H35NO6/c1-5-7-8-17-39-27-16-12-23(19-28(27)38-6-2)30-29-31(35)25-18-21(3)9-15-26(25)40-32(29)33(36)34(30)20-22-10-13-24(37-4)14-11-22/h9-16,18-19,30H,5-8,17,20H2,1-4H3. The van der Waals surface area contributed by atoms with Gasteiger partial charge in [0.25, 0.3) is 5.91 Å². The molecule has 208 valence electrons. The van der Waals surface area contributed by atoms with Crippen molar-refractivity contribution < 1.29 is 23.4 Å². The zero-order chi connectivity index (χ0) is 28.2. The number of amides is 1. The van der Waals surface area contributed by atoms with Crippen molar-refractivity contribution in [1.29, 1.82) is 0 Å². The molecule has 2 heterocycles. The normalized spacial score (nSPS) is 14.4. The second-order valence-corrected chi connectivity index (χ2v) is 10.1. The highest BCUT2D eigenvalue weighted by molar-refractivity contribution is 5.99. The van der Waals surface area contributed by atoms with Crippen LogP contribution in [0.2, 0.25) is 0 Å². The van der Waals surface area contributed by atoms with Gasteiger partial charge in [-0.1, -0.05) is 49.6 Å². The number of hydrogen-bond donors (Lipinski definition) is 0. The number of rotatable bonds is 11. The van der Waals surface area contributed by atoms with Crippen molar-refractivity contribution in [2.45, 2.75) is 52.6 Å². The average Bonchev–Trinajstić information content (AvgIpc) is 3.24. The van der Waals surface area contributed by atoms with Gasteiger partial charge in [0, 0.05) is 6.54 Å². The lowest BCUT2D eigenvalue weighted by atomic mass is 9.97. The lowest BCUT2D eigenvalue weighted by Crippen LogP contribution is -2.29. The first-order chi connectivity index (χ1) is 19.4. The first kappa shape index (κ1) is 27.3. The molecule has 1 atom stereocenters. The summed E-state index contributed by atoms with van der Waals surface area (Å²) in [6.07, 6.45) is 3.15. The molecule has 40 heavy (non-hydrogen) atoms. The molecule has 1 unspecified atom stereocenters.